The van der Waals surface area contributed by atoms with Crippen LogP contribution >= 0.6 is 0 Å². The fourth-order valence-electron chi connectivity index (χ4n) is 2.29. The summed E-state index contributed by atoms with van der Waals surface area (Å²) in [5, 5.41) is 3.03. The molecule has 18 heavy (non-hydrogen) atoms. The number of hydrogen-bond donors (Lipinski definition) is 2. The maximum absolute atomic E-state index is 12.1. The van der Waals surface area contributed by atoms with Crippen LogP contribution in [0.3, 0.4) is 0 Å². The molecule has 1 aromatic carbocycles. The van der Waals surface area contributed by atoms with E-state index in [1.165, 1.54) is 11.1 Å². The third kappa shape index (κ3) is 2.91. The van der Waals surface area contributed by atoms with E-state index in [9.17, 15) is 4.79 Å². The maximum atomic E-state index is 12.1. The van der Waals surface area contributed by atoms with Gasteiger partial charge in [0, 0.05) is 12.5 Å². The zero-order valence-corrected chi connectivity index (χ0v) is 11.2. The van der Waals surface area contributed by atoms with Crippen LogP contribution in [-0.2, 0) is 17.6 Å². The number of hydrogen-bond acceptors (Lipinski definition) is 2. The Balaban J connectivity index is 1.90. The smallest absolute Gasteiger partial charge is 0.223 e. The lowest BCUT2D eigenvalue weighted by atomic mass is 9.93. The number of benzene rings is 1. The quantitative estimate of drug-likeness (QED) is 0.846. The van der Waals surface area contributed by atoms with Crippen LogP contribution in [0.15, 0.2) is 24.3 Å². The van der Waals surface area contributed by atoms with Gasteiger partial charge in [-0.15, -0.1) is 0 Å². The van der Waals surface area contributed by atoms with Gasteiger partial charge in [-0.2, -0.15) is 0 Å². The van der Waals surface area contributed by atoms with E-state index in [1.807, 2.05) is 12.1 Å². The minimum Gasteiger partial charge on any atom is -0.355 e. The van der Waals surface area contributed by atoms with E-state index in [2.05, 4.69) is 31.3 Å². The van der Waals surface area contributed by atoms with Gasteiger partial charge < -0.3 is 11.1 Å². The molecule has 1 aliphatic rings. The van der Waals surface area contributed by atoms with Crippen LogP contribution in [0.1, 0.15) is 25.0 Å². The van der Waals surface area contributed by atoms with Crippen LogP contribution in [0.2, 0.25) is 0 Å². The molecule has 0 saturated heterocycles. The average molecular weight is 246 g/mol. The summed E-state index contributed by atoms with van der Waals surface area (Å²) in [7, 11) is 0. The molecule has 98 valence electrons. The highest BCUT2D eigenvalue weighted by molar-refractivity contribution is 5.80. The van der Waals surface area contributed by atoms with Gasteiger partial charge in [-0.25, -0.2) is 0 Å². The van der Waals surface area contributed by atoms with E-state index in [4.69, 9.17) is 5.73 Å². The van der Waals surface area contributed by atoms with Crippen molar-refractivity contribution in [3.63, 3.8) is 0 Å². The first-order chi connectivity index (χ1) is 8.52. The van der Waals surface area contributed by atoms with Gasteiger partial charge in [-0.1, -0.05) is 38.1 Å². The first kappa shape index (κ1) is 13.1. The third-order valence-electron chi connectivity index (χ3n) is 3.72. The first-order valence-electron chi connectivity index (χ1n) is 6.56. The molecule has 0 unspecified atom stereocenters. The van der Waals surface area contributed by atoms with Crippen LogP contribution in [-0.4, -0.2) is 19.0 Å². The van der Waals surface area contributed by atoms with Crippen molar-refractivity contribution in [2.24, 2.45) is 17.1 Å². The second kappa shape index (κ2) is 5.11. The van der Waals surface area contributed by atoms with Crippen molar-refractivity contribution >= 4 is 5.91 Å². The molecule has 3 nitrogen and oxygen atoms in total. The Morgan fingerprint density at radius 3 is 2.39 bits per heavy atom. The molecule has 1 amide bonds. The van der Waals surface area contributed by atoms with Crippen LogP contribution in [0.5, 0.6) is 0 Å². The molecule has 0 spiro atoms. The molecular formula is C15H22N2O. The highest BCUT2D eigenvalue weighted by Gasteiger charge is 2.28. The predicted molar refractivity (Wildman–Crippen MR) is 73.2 cm³/mol. The van der Waals surface area contributed by atoms with E-state index in [0.29, 0.717) is 13.1 Å². The molecule has 2 rings (SSSR count). The van der Waals surface area contributed by atoms with E-state index in [0.717, 1.165) is 12.8 Å². The van der Waals surface area contributed by atoms with Gasteiger partial charge in [0.05, 0.1) is 0 Å². The number of amides is 1. The number of carbonyl (C=O) groups is 1. The van der Waals surface area contributed by atoms with Crippen LogP contribution in [0, 0.1) is 11.3 Å². The largest absolute Gasteiger partial charge is 0.355 e. The zero-order chi connectivity index (χ0) is 13.2. The Morgan fingerprint density at radius 2 is 1.89 bits per heavy atom. The normalized spacial score (nSPS) is 15.5. The monoisotopic (exact) mass is 246 g/mol. The molecule has 1 aliphatic carbocycles. The second-order valence-electron chi connectivity index (χ2n) is 5.96. The zero-order valence-electron chi connectivity index (χ0n) is 11.2. The number of rotatable bonds is 4. The first-order valence-corrected chi connectivity index (χ1v) is 6.56. The Kier molecular flexibility index (Phi) is 3.71. The minimum absolute atomic E-state index is 0.0267. The van der Waals surface area contributed by atoms with Gasteiger partial charge in [0.25, 0.3) is 0 Å². The SMILES string of the molecule is CC(C)(CN)CNC(=O)C1Cc2ccccc2C1. The predicted octanol–water partition coefficient (Wildman–Crippen LogP) is 1.50. The molecule has 0 radical (unpaired) electrons. The number of carbonyl (C=O) groups excluding carboxylic acids is 1. The standard InChI is InChI=1S/C15H22N2O/c1-15(2,9-16)10-17-14(18)13-7-11-5-3-4-6-12(11)8-13/h3-6,13H,7-10,16H2,1-2H3,(H,17,18). The van der Waals surface area contributed by atoms with Gasteiger partial charge in [-0.05, 0) is 35.9 Å². The average Bonchev–Trinajstić information content (AvgIpc) is 2.80. The van der Waals surface area contributed by atoms with Crippen molar-refractivity contribution in [1.29, 1.82) is 0 Å². The Morgan fingerprint density at radius 1 is 1.33 bits per heavy atom. The molecule has 0 bridgehead atoms. The fourth-order valence-corrected chi connectivity index (χ4v) is 2.29. The van der Waals surface area contributed by atoms with Crippen LogP contribution < -0.4 is 11.1 Å². The summed E-state index contributed by atoms with van der Waals surface area (Å²) in [6, 6.07) is 8.31. The van der Waals surface area contributed by atoms with E-state index < -0.39 is 0 Å². The lowest BCUT2D eigenvalue weighted by molar-refractivity contribution is -0.125. The van der Waals surface area contributed by atoms with Crippen molar-refractivity contribution in [3.05, 3.63) is 35.4 Å². The summed E-state index contributed by atoms with van der Waals surface area (Å²) >= 11 is 0. The van der Waals surface area contributed by atoms with Crippen molar-refractivity contribution in [1.82, 2.24) is 5.32 Å². The van der Waals surface area contributed by atoms with Gasteiger partial charge in [-0.3, -0.25) is 4.79 Å². The van der Waals surface area contributed by atoms with E-state index in [1.54, 1.807) is 0 Å². The molecule has 0 aliphatic heterocycles. The molecule has 1 aromatic rings. The fraction of sp³-hybridized carbons (Fsp3) is 0.533. The number of nitrogens with two attached hydrogens (primary N) is 1. The maximum Gasteiger partial charge on any atom is 0.223 e. The Hall–Kier alpha value is -1.35. The molecule has 3 heteroatoms. The molecule has 0 saturated carbocycles. The molecule has 0 aromatic heterocycles. The molecule has 0 atom stereocenters. The topological polar surface area (TPSA) is 55.1 Å². The second-order valence-corrected chi connectivity index (χ2v) is 5.96. The van der Waals surface area contributed by atoms with Crippen LogP contribution in [0.4, 0.5) is 0 Å². The summed E-state index contributed by atoms with van der Waals surface area (Å²) in [6.07, 6.45) is 1.73. The molecule has 0 fully saturated rings. The highest BCUT2D eigenvalue weighted by Crippen LogP contribution is 2.26. The third-order valence-corrected chi connectivity index (χ3v) is 3.72. The van der Waals surface area contributed by atoms with Crippen molar-refractivity contribution in [2.45, 2.75) is 26.7 Å². The van der Waals surface area contributed by atoms with Crippen molar-refractivity contribution in [3.8, 4) is 0 Å². The van der Waals surface area contributed by atoms with Gasteiger partial charge >= 0.3 is 0 Å². The Labute approximate surface area is 109 Å². The summed E-state index contributed by atoms with van der Waals surface area (Å²) in [4.78, 5) is 12.1. The molecular weight excluding hydrogens is 224 g/mol. The van der Waals surface area contributed by atoms with Crippen LogP contribution in [0.25, 0.3) is 0 Å². The number of nitrogens with one attached hydrogen (secondary N) is 1. The molecule has 0 heterocycles. The summed E-state index contributed by atoms with van der Waals surface area (Å²) in [5.74, 6) is 0.253. The van der Waals surface area contributed by atoms with Gasteiger partial charge in [0.1, 0.15) is 0 Å². The Bertz CT molecular complexity index is 415. The van der Waals surface area contributed by atoms with Gasteiger partial charge in [0.2, 0.25) is 5.91 Å². The lowest BCUT2D eigenvalue weighted by Gasteiger charge is -2.23. The molecule has 3 N–H and O–H groups in total. The van der Waals surface area contributed by atoms with Crippen molar-refractivity contribution < 1.29 is 4.79 Å². The van der Waals surface area contributed by atoms with Gasteiger partial charge in [0.15, 0.2) is 0 Å². The number of fused-ring (bicyclic) bond motifs is 1. The summed E-state index contributed by atoms with van der Waals surface area (Å²) < 4.78 is 0. The minimum atomic E-state index is -0.0267. The van der Waals surface area contributed by atoms with E-state index >= 15 is 0 Å². The summed E-state index contributed by atoms with van der Waals surface area (Å²) in [6.45, 7) is 5.36. The summed E-state index contributed by atoms with van der Waals surface area (Å²) in [5.41, 5.74) is 8.27. The van der Waals surface area contributed by atoms with Crippen molar-refractivity contribution in [2.75, 3.05) is 13.1 Å². The van der Waals surface area contributed by atoms with E-state index in [-0.39, 0.29) is 17.2 Å². The highest BCUT2D eigenvalue weighted by atomic mass is 16.1. The lowest BCUT2D eigenvalue weighted by Crippen LogP contribution is -2.41.